The molecule has 1 N–H and O–H groups in total. The summed E-state index contributed by atoms with van der Waals surface area (Å²) in [5, 5.41) is 4.26. The molecular weight excluding hydrogens is 305 g/mol. The van der Waals surface area contributed by atoms with Gasteiger partial charge >= 0.3 is 0 Å². The normalized spacial score (nSPS) is 12.3. The van der Waals surface area contributed by atoms with Crippen molar-refractivity contribution < 1.29 is 4.39 Å². The molecule has 1 nitrogen and oxygen atoms in total. The lowest BCUT2D eigenvalue weighted by Gasteiger charge is -2.17. The van der Waals surface area contributed by atoms with Gasteiger partial charge in [0.1, 0.15) is 5.82 Å². The Balaban J connectivity index is 1.92. The van der Waals surface area contributed by atoms with Gasteiger partial charge in [-0.2, -0.15) is 0 Å². The molecular formula is C17H19ClFNS. The molecule has 4 heteroatoms. The van der Waals surface area contributed by atoms with Crippen LogP contribution in [0.4, 0.5) is 4.39 Å². The highest BCUT2D eigenvalue weighted by Crippen LogP contribution is 2.20. The Morgan fingerprint density at radius 3 is 2.38 bits per heavy atom. The van der Waals surface area contributed by atoms with Gasteiger partial charge in [-0.25, -0.2) is 4.39 Å². The number of halogens is 2. The molecule has 0 aliphatic carbocycles. The highest BCUT2D eigenvalue weighted by atomic mass is 35.5. The Kier molecular flexibility index (Phi) is 6.55. The van der Waals surface area contributed by atoms with Crippen LogP contribution in [0.3, 0.4) is 0 Å². The Labute approximate surface area is 134 Å². The van der Waals surface area contributed by atoms with Crippen molar-refractivity contribution in [2.24, 2.45) is 0 Å². The van der Waals surface area contributed by atoms with Crippen LogP contribution in [0.5, 0.6) is 0 Å². The first kappa shape index (κ1) is 16.3. The monoisotopic (exact) mass is 323 g/mol. The summed E-state index contributed by atoms with van der Waals surface area (Å²) in [5.74, 6) is 0.756. The number of benzene rings is 2. The minimum Gasteiger partial charge on any atom is -0.313 e. The summed E-state index contributed by atoms with van der Waals surface area (Å²) in [4.78, 5) is 1.09. The van der Waals surface area contributed by atoms with Crippen LogP contribution in [0.1, 0.15) is 12.5 Å². The van der Waals surface area contributed by atoms with Crippen LogP contribution < -0.4 is 5.32 Å². The summed E-state index contributed by atoms with van der Waals surface area (Å²) < 4.78 is 12.9. The van der Waals surface area contributed by atoms with Gasteiger partial charge in [-0.15, -0.1) is 11.8 Å². The summed E-state index contributed by atoms with van der Waals surface area (Å²) in [6, 6.07) is 15.0. The van der Waals surface area contributed by atoms with E-state index in [1.165, 1.54) is 17.7 Å². The zero-order valence-corrected chi connectivity index (χ0v) is 13.6. The standard InChI is InChI=1S/C17H19ClFNS/c1-2-20-16(11-13-3-5-14(18)6-4-13)12-21-17-9-7-15(19)8-10-17/h3-10,16,20H,2,11-12H2,1H3. The summed E-state index contributed by atoms with van der Waals surface area (Å²) in [6.07, 6.45) is 0.958. The molecule has 0 amide bonds. The molecule has 0 aromatic heterocycles. The van der Waals surface area contributed by atoms with Crippen molar-refractivity contribution in [3.63, 3.8) is 0 Å². The van der Waals surface area contributed by atoms with Gasteiger partial charge in [0, 0.05) is 21.7 Å². The fourth-order valence-electron chi connectivity index (χ4n) is 2.11. The topological polar surface area (TPSA) is 12.0 Å². The number of rotatable bonds is 7. The van der Waals surface area contributed by atoms with Gasteiger partial charge in [-0.05, 0) is 54.9 Å². The maximum Gasteiger partial charge on any atom is 0.123 e. The van der Waals surface area contributed by atoms with Crippen molar-refractivity contribution in [2.45, 2.75) is 24.3 Å². The Morgan fingerprint density at radius 1 is 1.10 bits per heavy atom. The maximum atomic E-state index is 12.9. The lowest BCUT2D eigenvalue weighted by atomic mass is 10.1. The molecule has 21 heavy (non-hydrogen) atoms. The van der Waals surface area contributed by atoms with Crippen molar-refractivity contribution in [3.8, 4) is 0 Å². The predicted molar refractivity (Wildman–Crippen MR) is 89.7 cm³/mol. The quantitative estimate of drug-likeness (QED) is 0.735. The molecule has 2 aromatic carbocycles. The van der Waals surface area contributed by atoms with Crippen molar-refractivity contribution >= 4 is 23.4 Å². The first-order valence-electron chi connectivity index (χ1n) is 7.03. The van der Waals surface area contributed by atoms with Crippen molar-refractivity contribution in [3.05, 3.63) is 64.9 Å². The molecule has 0 aliphatic heterocycles. The number of nitrogens with one attached hydrogen (secondary N) is 1. The second-order valence-electron chi connectivity index (χ2n) is 4.85. The lowest BCUT2D eigenvalue weighted by Crippen LogP contribution is -2.33. The van der Waals surface area contributed by atoms with E-state index in [9.17, 15) is 4.39 Å². The van der Waals surface area contributed by atoms with Gasteiger partial charge in [0.05, 0.1) is 0 Å². The third kappa shape index (κ3) is 5.70. The average molecular weight is 324 g/mol. The van der Waals surface area contributed by atoms with Gasteiger partial charge in [0.25, 0.3) is 0 Å². The molecule has 1 unspecified atom stereocenters. The molecule has 1 atom stereocenters. The van der Waals surface area contributed by atoms with Gasteiger partial charge in [0.15, 0.2) is 0 Å². The largest absolute Gasteiger partial charge is 0.313 e. The first-order chi connectivity index (χ1) is 10.2. The van der Waals surface area contributed by atoms with Gasteiger partial charge in [-0.1, -0.05) is 30.7 Å². The Bertz CT molecular complexity index is 542. The third-order valence-electron chi connectivity index (χ3n) is 3.15. The van der Waals surface area contributed by atoms with E-state index in [4.69, 9.17) is 11.6 Å². The fraction of sp³-hybridized carbons (Fsp3) is 0.294. The van der Waals surface area contributed by atoms with Gasteiger partial charge in [-0.3, -0.25) is 0 Å². The van der Waals surface area contributed by atoms with E-state index in [0.717, 1.165) is 28.6 Å². The molecule has 0 saturated heterocycles. The summed E-state index contributed by atoms with van der Waals surface area (Å²) >= 11 is 7.66. The SMILES string of the molecule is CCNC(CSc1ccc(F)cc1)Cc1ccc(Cl)cc1. The molecule has 2 aromatic rings. The van der Waals surface area contributed by atoms with Gasteiger partial charge < -0.3 is 5.32 Å². The van der Waals surface area contributed by atoms with Crippen molar-refractivity contribution in [1.29, 1.82) is 0 Å². The van der Waals surface area contributed by atoms with E-state index in [1.54, 1.807) is 11.8 Å². The molecule has 0 aliphatic rings. The van der Waals surface area contributed by atoms with Crippen molar-refractivity contribution in [1.82, 2.24) is 5.32 Å². The zero-order chi connectivity index (χ0) is 15.1. The lowest BCUT2D eigenvalue weighted by molar-refractivity contribution is 0.572. The average Bonchev–Trinajstić information content (AvgIpc) is 2.49. The van der Waals surface area contributed by atoms with E-state index >= 15 is 0 Å². The number of thioether (sulfide) groups is 1. The predicted octanol–water partition coefficient (Wildman–Crippen LogP) is 4.79. The summed E-state index contributed by atoms with van der Waals surface area (Å²) in [6.45, 7) is 3.04. The second kappa shape index (κ2) is 8.42. The summed E-state index contributed by atoms with van der Waals surface area (Å²) in [7, 11) is 0. The van der Waals surface area contributed by atoms with Crippen molar-refractivity contribution in [2.75, 3.05) is 12.3 Å². The molecule has 0 fully saturated rings. The third-order valence-corrected chi connectivity index (χ3v) is 4.58. The highest BCUT2D eigenvalue weighted by molar-refractivity contribution is 7.99. The van der Waals surface area contributed by atoms with E-state index < -0.39 is 0 Å². The van der Waals surface area contributed by atoms with Crippen LogP contribution in [-0.4, -0.2) is 18.3 Å². The zero-order valence-electron chi connectivity index (χ0n) is 12.0. The minimum absolute atomic E-state index is 0.191. The highest BCUT2D eigenvalue weighted by Gasteiger charge is 2.09. The molecule has 0 spiro atoms. The molecule has 112 valence electrons. The van der Waals surface area contributed by atoms with E-state index in [0.29, 0.717) is 6.04 Å². The number of hydrogen-bond donors (Lipinski definition) is 1. The van der Waals surface area contributed by atoms with E-state index in [2.05, 4.69) is 24.4 Å². The molecule has 2 rings (SSSR count). The van der Waals surface area contributed by atoms with Crippen LogP contribution in [0.15, 0.2) is 53.4 Å². The number of likely N-dealkylation sites (N-methyl/N-ethyl adjacent to an activating group) is 1. The molecule has 0 heterocycles. The number of hydrogen-bond acceptors (Lipinski definition) is 2. The van der Waals surface area contributed by atoms with Crippen LogP contribution in [0.2, 0.25) is 5.02 Å². The second-order valence-corrected chi connectivity index (χ2v) is 6.38. The van der Waals surface area contributed by atoms with Crippen LogP contribution in [0, 0.1) is 5.82 Å². The summed E-state index contributed by atoms with van der Waals surface area (Å²) in [5.41, 5.74) is 1.27. The van der Waals surface area contributed by atoms with Crippen LogP contribution in [0.25, 0.3) is 0 Å². The minimum atomic E-state index is -0.191. The Morgan fingerprint density at radius 2 is 1.76 bits per heavy atom. The molecule has 0 bridgehead atoms. The van der Waals surface area contributed by atoms with Gasteiger partial charge in [0.2, 0.25) is 0 Å². The first-order valence-corrected chi connectivity index (χ1v) is 8.40. The molecule has 0 radical (unpaired) electrons. The van der Waals surface area contributed by atoms with Crippen LogP contribution in [-0.2, 0) is 6.42 Å². The van der Waals surface area contributed by atoms with Crippen LogP contribution >= 0.6 is 23.4 Å². The fourth-order valence-corrected chi connectivity index (χ4v) is 3.20. The molecule has 0 saturated carbocycles. The van der Waals surface area contributed by atoms with E-state index in [-0.39, 0.29) is 5.82 Å². The smallest absolute Gasteiger partial charge is 0.123 e. The van der Waals surface area contributed by atoms with E-state index in [1.807, 2.05) is 24.3 Å². The Hall–Kier alpha value is -1.03. The maximum absolute atomic E-state index is 12.9.